The Balaban J connectivity index is 2.02. The number of carboxylic acids is 1. The first-order chi connectivity index (χ1) is 12.9. The third-order valence-corrected chi connectivity index (χ3v) is 6.74. The second kappa shape index (κ2) is 6.40. The molecule has 0 aliphatic carbocycles. The largest absolute Gasteiger partial charge is 0.478 e. The summed E-state index contributed by atoms with van der Waals surface area (Å²) < 4.78 is 33.0. The van der Waals surface area contributed by atoms with E-state index in [4.69, 9.17) is 16.3 Å². The van der Waals surface area contributed by atoms with Gasteiger partial charge in [-0.2, -0.15) is 0 Å². The van der Waals surface area contributed by atoms with Crippen LogP contribution in [0, 0.1) is 0 Å². The average Bonchev–Trinajstić information content (AvgIpc) is 2.66. The number of halogens is 1. The van der Waals surface area contributed by atoms with Crippen LogP contribution < -0.4 is 4.74 Å². The van der Waals surface area contributed by atoms with Gasteiger partial charge in [0.2, 0.25) is 0 Å². The van der Waals surface area contributed by atoms with E-state index in [0.29, 0.717) is 27.6 Å². The molecule has 0 fully saturated rings. The molecule has 0 saturated carbocycles. The molecule has 0 radical (unpaired) electrons. The molecular weight excluding hydrogens is 388 g/mol. The predicted molar refractivity (Wildman–Crippen MR) is 100 cm³/mol. The Morgan fingerprint density at radius 1 is 0.926 bits per heavy atom. The Bertz CT molecular complexity index is 1170. The van der Waals surface area contributed by atoms with Crippen molar-refractivity contribution in [3.63, 3.8) is 0 Å². The zero-order valence-electron chi connectivity index (χ0n) is 13.8. The smallest absolute Gasteiger partial charge is 0.337 e. The van der Waals surface area contributed by atoms with E-state index in [1.165, 1.54) is 24.3 Å². The van der Waals surface area contributed by atoms with Crippen molar-refractivity contribution in [3.8, 4) is 11.5 Å². The number of benzene rings is 3. The first-order valence-corrected chi connectivity index (χ1v) is 9.94. The Kier molecular flexibility index (Phi) is 4.17. The highest BCUT2D eigenvalue weighted by atomic mass is 35.5. The van der Waals surface area contributed by atoms with Crippen LogP contribution in [0.3, 0.4) is 0 Å². The highest BCUT2D eigenvalue weighted by Crippen LogP contribution is 2.49. The number of hydrogen-bond acceptors (Lipinski definition) is 4. The van der Waals surface area contributed by atoms with Gasteiger partial charge < -0.3 is 9.84 Å². The van der Waals surface area contributed by atoms with Gasteiger partial charge in [-0.15, -0.1) is 0 Å². The predicted octanol–water partition coefficient (Wildman–Crippen LogP) is 4.71. The summed E-state index contributed by atoms with van der Waals surface area (Å²) in [5.74, 6) is -0.519. The van der Waals surface area contributed by atoms with Crippen molar-refractivity contribution in [1.82, 2.24) is 0 Å². The van der Waals surface area contributed by atoms with Gasteiger partial charge in [0.25, 0.3) is 0 Å². The fourth-order valence-corrected chi connectivity index (χ4v) is 5.46. The Hall–Kier alpha value is -2.83. The molecule has 0 aromatic heterocycles. The van der Waals surface area contributed by atoms with Gasteiger partial charge in [-0.25, -0.2) is 13.2 Å². The fraction of sp³-hybridized carbons (Fsp3) is 0.0500. The maximum atomic E-state index is 13.6. The third-order valence-electron chi connectivity index (χ3n) is 4.41. The van der Waals surface area contributed by atoms with Crippen molar-refractivity contribution >= 4 is 27.4 Å². The molecule has 5 nitrogen and oxygen atoms in total. The number of sulfone groups is 1. The number of carbonyl (C=O) groups is 1. The van der Waals surface area contributed by atoms with Crippen LogP contribution in [0.4, 0.5) is 0 Å². The molecule has 1 atom stereocenters. The van der Waals surface area contributed by atoms with Crippen LogP contribution in [0.5, 0.6) is 11.5 Å². The van der Waals surface area contributed by atoms with Crippen molar-refractivity contribution in [1.29, 1.82) is 0 Å². The van der Waals surface area contributed by atoms with Gasteiger partial charge in [0.05, 0.1) is 10.5 Å². The van der Waals surface area contributed by atoms with E-state index in [2.05, 4.69) is 0 Å². The van der Waals surface area contributed by atoms with E-state index in [1.54, 1.807) is 42.5 Å². The first-order valence-electron chi connectivity index (χ1n) is 8.02. The maximum Gasteiger partial charge on any atom is 0.337 e. The Morgan fingerprint density at radius 2 is 1.59 bits per heavy atom. The molecule has 4 rings (SSSR count). The molecule has 3 aromatic rings. The standard InChI is InChI=1S/C20H13ClO5S/c21-12-9-10-17-15(11-12)19(13-5-1-3-7-16(13)26-17)27(24,25)18-8-4-2-6-14(18)20(22)23/h1-11,19H,(H,22,23). The van der Waals surface area contributed by atoms with Crippen LogP contribution in [-0.2, 0) is 9.84 Å². The molecule has 3 aromatic carbocycles. The van der Waals surface area contributed by atoms with Gasteiger partial charge in [-0.05, 0) is 36.4 Å². The van der Waals surface area contributed by atoms with E-state index < -0.39 is 21.1 Å². The lowest BCUT2D eigenvalue weighted by Gasteiger charge is -2.28. The molecule has 0 amide bonds. The molecule has 1 N–H and O–H groups in total. The summed E-state index contributed by atoms with van der Waals surface area (Å²) >= 11 is 6.10. The second-order valence-corrected chi connectivity index (χ2v) is 8.49. The highest BCUT2D eigenvalue weighted by molar-refractivity contribution is 7.92. The first kappa shape index (κ1) is 17.6. The number of fused-ring (bicyclic) bond motifs is 2. The summed E-state index contributed by atoms with van der Waals surface area (Å²) in [5, 5.41) is 8.69. The van der Waals surface area contributed by atoms with E-state index in [-0.39, 0.29) is 10.5 Å². The molecule has 1 aliphatic heterocycles. The number of ether oxygens (including phenoxy) is 1. The highest BCUT2D eigenvalue weighted by Gasteiger charge is 2.39. The Labute approximate surface area is 160 Å². The number of aromatic carboxylic acids is 1. The van der Waals surface area contributed by atoms with E-state index in [0.717, 1.165) is 0 Å². The molecule has 7 heteroatoms. The number of rotatable bonds is 3. The average molecular weight is 401 g/mol. The van der Waals surface area contributed by atoms with Crippen LogP contribution in [-0.4, -0.2) is 19.5 Å². The minimum absolute atomic E-state index is 0.245. The van der Waals surface area contributed by atoms with Crippen molar-refractivity contribution in [3.05, 3.63) is 88.4 Å². The van der Waals surface area contributed by atoms with Gasteiger partial charge in [0.15, 0.2) is 9.84 Å². The van der Waals surface area contributed by atoms with Crippen molar-refractivity contribution in [2.24, 2.45) is 0 Å². The van der Waals surface area contributed by atoms with Crippen LogP contribution in [0.1, 0.15) is 26.7 Å². The molecule has 27 heavy (non-hydrogen) atoms. The van der Waals surface area contributed by atoms with E-state index in [1.807, 2.05) is 0 Å². The van der Waals surface area contributed by atoms with Crippen molar-refractivity contribution in [2.45, 2.75) is 10.1 Å². The van der Waals surface area contributed by atoms with Crippen molar-refractivity contribution in [2.75, 3.05) is 0 Å². The third kappa shape index (κ3) is 2.87. The van der Waals surface area contributed by atoms with Gasteiger partial charge in [-0.3, -0.25) is 0 Å². The zero-order chi connectivity index (χ0) is 19.2. The number of hydrogen-bond donors (Lipinski definition) is 1. The monoisotopic (exact) mass is 400 g/mol. The van der Waals surface area contributed by atoms with Gasteiger partial charge in [-0.1, -0.05) is 41.9 Å². The Morgan fingerprint density at radius 3 is 2.37 bits per heavy atom. The van der Waals surface area contributed by atoms with Crippen LogP contribution in [0.2, 0.25) is 5.02 Å². The lowest BCUT2D eigenvalue weighted by atomic mass is 10.00. The second-order valence-electron chi connectivity index (χ2n) is 6.05. The van der Waals surface area contributed by atoms with Crippen LogP contribution >= 0.6 is 11.6 Å². The minimum atomic E-state index is -4.10. The summed E-state index contributed by atoms with van der Waals surface area (Å²) in [6.07, 6.45) is 0. The van der Waals surface area contributed by atoms with Gasteiger partial charge >= 0.3 is 5.97 Å². The van der Waals surface area contributed by atoms with E-state index >= 15 is 0 Å². The molecule has 0 spiro atoms. The van der Waals surface area contributed by atoms with Crippen molar-refractivity contribution < 1.29 is 23.1 Å². The number of para-hydroxylation sites is 1. The molecule has 1 heterocycles. The van der Waals surface area contributed by atoms with Gasteiger partial charge in [0.1, 0.15) is 16.7 Å². The maximum absolute atomic E-state index is 13.6. The molecule has 0 bridgehead atoms. The van der Waals surface area contributed by atoms with Gasteiger partial charge in [0, 0.05) is 16.1 Å². The summed E-state index contributed by atoms with van der Waals surface area (Å²) in [6.45, 7) is 0. The molecule has 136 valence electrons. The molecular formula is C20H13ClO5S. The SMILES string of the molecule is O=C(O)c1ccccc1S(=O)(=O)C1c2ccccc2Oc2ccc(Cl)cc21. The molecule has 1 unspecified atom stereocenters. The van der Waals surface area contributed by atoms with Crippen LogP contribution in [0.15, 0.2) is 71.6 Å². The summed E-state index contributed by atoms with van der Waals surface area (Å²) in [7, 11) is -4.10. The molecule has 0 saturated heterocycles. The lowest BCUT2D eigenvalue weighted by Crippen LogP contribution is -2.21. The summed E-state index contributed by atoms with van der Waals surface area (Å²) in [5.41, 5.74) is 0.541. The zero-order valence-corrected chi connectivity index (χ0v) is 15.4. The fourth-order valence-electron chi connectivity index (χ4n) is 3.25. The molecule has 1 aliphatic rings. The summed E-state index contributed by atoms with van der Waals surface area (Å²) in [4.78, 5) is 11.3. The van der Waals surface area contributed by atoms with E-state index in [9.17, 15) is 18.3 Å². The van der Waals surface area contributed by atoms with Crippen LogP contribution in [0.25, 0.3) is 0 Å². The lowest BCUT2D eigenvalue weighted by molar-refractivity contribution is 0.0692. The minimum Gasteiger partial charge on any atom is -0.478 e. The normalized spacial score (nSPS) is 15.4. The quantitative estimate of drug-likeness (QED) is 0.688. The number of carboxylic acid groups (broad SMARTS) is 1. The summed E-state index contributed by atoms with van der Waals surface area (Å²) in [6, 6.07) is 17.1. The topological polar surface area (TPSA) is 80.7 Å².